The predicted molar refractivity (Wildman–Crippen MR) is 108 cm³/mol. The van der Waals surface area contributed by atoms with Crippen LogP contribution in [0.15, 0.2) is 42.5 Å². The average molecular weight is 530 g/mol. The first-order valence-corrected chi connectivity index (χ1v) is 10.0. The van der Waals surface area contributed by atoms with Crippen molar-refractivity contribution in [3.05, 3.63) is 106 Å². The van der Waals surface area contributed by atoms with E-state index in [-0.39, 0.29) is 12.1 Å². The molecule has 1 heterocycles. The molecule has 0 aliphatic heterocycles. The van der Waals surface area contributed by atoms with Crippen molar-refractivity contribution in [3.8, 4) is 16.8 Å². The number of hydrogen-bond donors (Lipinski definition) is 0. The molecule has 0 amide bonds. The van der Waals surface area contributed by atoms with Crippen LogP contribution in [0, 0.1) is 64.0 Å². The predicted octanol–water partition coefficient (Wildman–Crippen LogP) is 7.47. The molecule has 1 nitrogen and oxygen atoms in total. The maximum absolute atomic E-state index is 15.2. The third-order valence-electron chi connectivity index (χ3n) is 5.65. The zero-order valence-corrected chi connectivity index (χ0v) is 17.6. The summed E-state index contributed by atoms with van der Waals surface area (Å²) in [4.78, 5) is 0. The third kappa shape index (κ3) is 3.58. The van der Waals surface area contributed by atoms with E-state index in [0.29, 0.717) is 34.9 Å². The molecule has 37 heavy (non-hydrogen) atoms. The highest BCUT2D eigenvalue weighted by Gasteiger charge is 2.36. The van der Waals surface area contributed by atoms with Crippen LogP contribution < -0.4 is 4.57 Å². The molecule has 4 aromatic carbocycles. The molecule has 188 valence electrons. The summed E-state index contributed by atoms with van der Waals surface area (Å²) in [6.45, 7) is 0. The van der Waals surface area contributed by atoms with E-state index in [2.05, 4.69) is 0 Å². The fourth-order valence-corrected chi connectivity index (χ4v) is 4.22. The minimum Gasteiger partial charge on any atom is -0.207 e. The quantitative estimate of drug-likeness (QED) is 0.0734. The Kier molecular flexibility index (Phi) is 5.57. The molecular formula is C25H7F11N+. The lowest BCUT2D eigenvalue weighted by molar-refractivity contribution is -0.542. The van der Waals surface area contributed by atoms with Gasteiger partial charge in [-0.25, -0.2) is 35.1 Å². The zero-order valence-electron chi connectivity index (χ0n) is 17.6. The second kappa shape index (κ2) is 8.43. The Morgan fingerprint density at radius 1 is 0.405 bits per heavy atom. The number of halogens is 11. The monoisotopic (exact) mass is 530 g/mol. The first kappa shape index (κ1) is 24.5. The summed E-state index contributed by atoms with van der Waals surface area (Å²) >= 11 is 0. The highest BCUT2D eigenvalue weighted by atomic mass is 19.2. The molecule has 12 heteroatoms. The Morgan fingerprint density at radius 3 is 1.30 bits per heavy atom. The molecular weight excluding hydrogens is 523 g/mol. The summed E-state index contributed by atoms with van der Waals surface area (Å²) in [7, 11) is 0. The Hall–Kier alpha value is -4.22. The molecule has 0 aliphatic carbocycles. The van der Waals surface area contributed by atoms with Gasteiger partial charge in [-0.15, -0.1) is 4.57 Å². The molecule has 5 rings (SSSR count). The molecule has 0 radical (unpaired) electrons. The lowest BCUT2D eigenvalue weighted by atomic mass is 9.93. The van der Waals surface area contributed by atoms with Gasteiger partial charge in [0.15, 0.2) is 40.7 Å². The van der Waals surface area contributed by atoms with E-state index in [1.54, 1.807) is 0 Å². The maximum atomic E-state index is 15.2. The van der Waals surface area contributed by atoms with Gasteiger partial charge in [0, 0.05) is 29.8 Å². The van der Waals surface area contributed by atoms with Crippen molar-refractivity contribution in [2.75, 3.05) is 0 Å². The Balaban J connectivity index is 2.17. The minimum absolute atomic E-state index is 0.218. The lowest BCUT2D eigenvalue weighted by Gasteiger charge is -2.15. The van der Waals surface area contributed by atoms with Crippen LogP contribution in [0.2, 0.25) is 0 Å². The van der Waals surface area contributed by atoms with Gasteiger partial charge in [0.2, 0.25) is 11.5 Å². The molecule has 0 fully saturated rings. The van der Waals surface area contributed by atoms with Crippen molar-refractivity contribution in [1.29, 1.82) is 0 Å². The van der Waals surface area contributed by atoms with E-state index in [1.807, 2.05) is 0 Å². The van der Waals surface area contributed by atoms with Crippen LogP contribution in [-0.4, -0.2) is 0 Å². The molecule has 0 aliphatic rings. The summed E-state index contributed by atoms with van der Waals surface area (Å²) in [6, 6.07) is 2.95. The number of aromatic nitrogens is 1. The second-order valence-corrected chi connectivity index (χ2v) is 7.82. The van der Waals surface area contributed by atoms with Crippen molar-refractivity contribution in [2.45, 2.75) is 0 Å². The van der Waals surface area contributed by atoms with Crippen molar-refractivity contribution in [2.24, 2.45) is 0 Å². The van der Waals surface area contributed by atoms with Crippen LogP contribution in [0.4, 0.5) is 48.3 Å². The van der Waals surface area contributed by atoms with Crippen LogP contribution >= 0.6 is 0 Å². The molecule has 0 spiro atoms. The number of rotatable bonds is 2. The molecule has 5 aromatic rings. The van der Waals surface area contributed by atoms with Gasteiger partial charge in [-0.2, -0.15) is 13.2 Å². The summed E-state index contributed by atoms with van der Waals surface area (Å²) in [6.07, 6.45) is 0. The molecule has 0 unspecified atom stereocenters. The summed E-state index contributed by atoms with van der Waals surface area (Å²) < 4.78 is 159. The molecule has 0 N–H and O–H groups in total. The van der Waals surface area contributed by atoms with Crippen LogP contribution in [0.5, 0.6) is 0 Å². The van der Waals surface area contributed by atoms with Crippen molar-refractivity contribution in [3.63, 3.8) is 0 Å². The van der Waals surface area contributed by atoms with Gasteiger partial charge in [0.05, 0.1) is 16.3 Å². The maximum Gasteiger partial charge on any atom is 0.255 e. The highest BCUT2D eigenvalue weighted by molar-refractivity contribution is 6.08. The summed E-state index contributed by atoms with van der Waals surface area (Å²) in [5, 5.41) is -1.89. The fourth-order valence-electron chi connectivity index (χ4n) is 4.22. The standard InChI is InChI=1S/C25H7F11N/c26-8-1-2-16(13(29)5-8)37-24-11(3-9(27)6-14(24)30)17(12-4-10(28)7-15(31)25(12)37)18-19(32)21(34)23(36)22(35)20(18)33/h1-7H/q+1. The third-order valence-corrected chi connectivity index (χ3v) is 5.65. The van der Waals surface area contributed by atoms with Gasteiger partial charge < -0.3 is 0 Å². The van der Waals surface area contributed by atoms with Gasteiger partial charge in [-0.3, -0.25) is 0 Å². The topological polar surface area (TPSA) is 3.88 Å². The number of fused-ring (bicyclic) bond motifs is 2. The Morgan fingerprint density at radius 2 is 0.838 bits per heavy atom. The summed E-state index contributed by atoms with van der Waals surface area (Å²) in [5.74, 6) is -20.9. The summed E-state index contributed by atoms with van der Waals surface area (Å²) in [5.41, 5.74) is -5.68. The van der Waals surface area contributed by atoms with E-state index in [4.69, 9.17) is 0 Å². The van der Waals surface area contributed by atoms with E-state index in [1.165, 1.54) is 0 Å². The van der Waals surface area contributed by atoms with Gasteiger partial charge >= 0.3 is 0 Å². The largest absolute Gasteiger partial charge is 0.255 e. The zero-order chi connectivity index (χ0) is 26.9. The second-order valence-electron chi connectivity index (χ2n) is 7.82. The number of benzene rings is 4. The van der Waals surface area contributed by atoms with E-state index < -0.39 is 103 Å². The van der Waals surface area contributed by atoms with Crippen LogP contribution in [-0.2, 0) is 0 Å². The first-order valence-electron chi connectivity index (χ1n) is 10.0. The number of nitrogens with zero attached hydrogens (tertiary/aromatic N) is 1. The highest BCUT2D eigenvalue weighted by Crippen LogP contribution is 2.41. The fraction of sp³-hybridized carbons (Fsp3) is 0. The van der Waals surface area contributed by atoms with Crippen LogP contribution in [0.1, 0.15) is 0 Å². The van der Waals surface area contributed by atoms with Crippen molar-refractivity contribution >= 4 is 21.8 Å². The Labute approximate surface area is 198 Å². The van der Waals surface area contributed by atoms with Gasteiger partial charge in [0.25, 0.3) is 11.0 Å². The normalized spacial score (nSPS) is 11.6. The van der Waals surface area contributed by atoms with Crippen LogP contribution in [0.25, 0.3) is 38.6 Å². The minimum atomic E-state index is -2.55. The number of hydrogen-bond acceptors (Lipinski definition) is 0. The molecule has 0 bridgehead atoms. The molecule has 0 saturated carbocycles. The molecule has 1 aromatic heterocycles. The first-order chi connectivity index (χ1) is 17.4. The Bertz CT molecular complexity index is 1700. The molecule has 0 atom stereocenters. The van der Waals surface area contributed by atoms with E-state index >= 15 is 8.78 Å². The lowest BCUT2D eigenvalue weighted by Crippen LogP contribution is -2.36. The van der Waals surface area contributed by atoms with Crippen molar-refractivity contribution < 1.29 is 52.9 Å². The van der Waals surface area contributed by atoms with Crippen molar-refractivity contribution in [1.82, 2.24) is 0 Å². The van der Waals surface area contributed by atoms with E-state index in [0.717, 1.165) is 0 Å². The van der Waals surface area contributed by atoms with Gasteiger partial charge in [0.1, 0.15) is 17.5 Å². The average Bonchev–Trinajstić information content (AvgIpc) is 2.81. The molecule has 0 saturated heterocycles. The van der Waals surface area contributed by atoms with Gasteiger partial charge in [-0.1, -0.05) is 0 Å². The van der Waals surface area contributed by atoms with E-state index in [9.17, 15) is 39.5 Å². The van der Waals surface area contributed by atoms with Crippen LogP contribution in [0.3, 0.4) is 0 Å². The SMILES string of the molecule is Fc1ccc(-[n+]2c3c(F)cc(F)cc3c(-c3c(F)c(F)c(F)c(F)c3F)c3cc(F)cc(F)c32)c(F)c1. The number of pyridine rings is 1. The smallest absolute Gasteiger partial charge is 0.207 e. The van der Waals surface area contributed by atoms with Gasteiger partial charge in [-0.05, 0) is 18.2 Å².